The fourth-order valence-corrected chi connectivity index (χ4v) is 3.27. The van der Waals surface area contributed by atoms with Crippen LogP contribution in [0.2, 0.25) is 5.02 Å². The summed E-state index contributed by atoms with van der Waals surface area (Å²) < 4.78 is 1.78. The number of nitrogens with one attached hydrogen (secondary N) is 1. The van der Waals surface area contributed by atoms with Gasteiger partial charge in [0.05, 0.1) is 5.56 Å². The molecule has 0 bridgehead atoms. The highest BCUT2D eigenvalue weighted by molar-refractivity contribution is 7.13. The second-order valence-electron chi connectivity index (χ2n) is 5.36. The second-order valence-corrected chi connectivity index (χ2v) is 6.74. The summed E-state index contributed by atoms with van der Waals surface area (Å²) in [4.78, 5) is 14.3. The van der Waals surface area contributed by atoms with Gasteiger partial charge in [-0.1, -0.05) is 29.8 Å². The van der Waals surface area contributed by atoms with Crippen molar-refractivity contribution in [2.75, 3.05) is 5.32 Å². The third-order valence-corrected chi connectivity index (χ3v) is 4.83. The van der Waals surface area contributed by atoms with Crippen molar-refractivity contribution in [3.63, 3.8) is 0 Å². The minimum absolute atomic E-state index is 0.580. The monoisotopic (exact) mass is 367 g/mol. The Labute approximate surface area is 154 Å². The largest absolute Gasteiger partial charge is 0.365 e. The quantitative estimate of drug-likeness (QED) is 0.557. The molecule has 0 aliphatic heterocycles. The van der Waals surface area contributed by atoms with E-state index in [1.807, 2.05) is 48.1 Å². The zero-order valence-corrected chi connectivity index (χ0v) is 14.7. The van der Waals surface area contributed by atoms with E-state index in [9.17, 15) is 0 Å². The first-order valence-corrected chi connectivity index (χ1v) is 8.93. The highest BCUT2D eigenvalue weighted by Crippen LogP contribution is 2.30. The van der Waals surface area contributed by atoms with E-state index < -0.39 is 0 Å². The molecule has 1 aromatic carbocycles. The molecule has 5 nitrogen and oxygen atoms in total. The van der Waals surface area contributed by atoms with E-state index in [2.05, 4.69) is 26.3 Å². The summed E-state index contributed by atoms with van der Waals surface area (Å²) in [6.45, 7) is 0.649. The molecule has 0 unspecified atom stereocenters. The average molecular weight is 368 g/mol. The molecule has 4 rings (SSSR count). The number of anilines is 1. The van der Waals surface area contributed by atoms with Gasteiger partial charge in [-0.3, -0.25) is 4.57 Å². The van der Waals surface area contributed by atoms with Gasteiger partial charge in [-0.25, -0.2) is 9.97 Å². The number of nitrogens with zero attached hydrogens (tertiary/aromatic N) is 4. The molecule has 0 aliphatic carbocycles. The van der Waals surface area contributed by atoms with Crippen LogP contribution in [0.4, 0.5) is 5.82 Å². The maximum Gasteiger partial charge on any atom is 0.236 e. The number of hydrogen-bond donors (Lipinski definition) is 1. The Morgan fingerprint density at radius 2 is 2.04 bits per heavy atom. The maximum atomic E-state index is 5.95. The Morgan fingerprint density at radius 3 is 2.76 bits per heavy atom. The van der Waals surface area contributed by atoms with Gasteiger partial charge in [-0.05, 0) is 29.1 Å². The van der Waals surface area contributed by atoms with Gasteiger partial charge in [-0.2, -0.15) is 4.98 Å². The minimum atomic E-state index is 0.580. The number of aromatic nitrogens is 4. The van der Waals surface area contributed by atoms with E-state index in [0.717, 1.165) is 26.8 Å². The van der Waals surface area contributed by atoms with Gasteiger partial charge in [-0.15, -0.1) is 11.3 Å². The molecular formula is C18H14ClN5S. The lowest BCUT2D eigenvalue weighted by atomic mass is 10.2. The first-order valence-electron chi connectivity index (χ1n) is 7.67. The summed E-state index contributed by atoms with van der Waals surface area (Å²) in [5, 5.41) is 6.19. The fourth-order valence-electron chi connectivity index (χ4n) is 2.41. The Balaban J connectivity index is 1.67. The van der Waals surface area contributed by atoms with Crippen LogP contribution in [-0.4, -0.2) is 19.5 Å². The van der Waals surface area contributed by atoms with Gasteiger partial charge in [0.25, 0.3) is 0 Å². The third-order valence-electron chi connectivity index (χ3n) is 3.67. The van der Waals surface area contributed by atoms with Gasteiger partial charge in [0.15, 0.2) is 0 Å². The summed E-state index contributed by atoms with van der Waals surface area (Å²) in [6, 6.07) is 11.8. The first-order chi connectivity index (χ1) is 12.3. The summed E-state index contributed by atoms with van der Waals surface area (Å²) >= 11 is 7.61. The molecule has 3 heterocycles. The zero-order valence-electron chi connectivity index (χ0n) is 13.1. The molecule has 124 valence electrons. The van der Waals surface area contributed by atoms with Crippen molar-refractivity contribution in [1.29, 1.82) is 0 Å². The predicted molar refractivity (Wildman–Crippen MR) is 101 cm³/mol. The summed E-state index contributed by atoms with van der Waals surface area (Å²) in [5.74, 6) is 1.37. The molecule has 0 amide bonds. The highest BCUT2D eigenvalue weighted by Gasteiger charge is 2.11. The summed E-state index contributed by atoms with van der Waals surface area (Å²) in [6.07, 6.45) is 7.06. The van der Waals surface area contributed by atoms with Gasteiger partial charge in [0.1, 0.15) is 12.1 Å². The summed E-state index contributed by atoms with van der Waals surface area (Å²) in [7, 11) is 0. The van der Waals surface area contributed by atoms with Crippen LogP contribution in [0.5, 0.6) is 0 Å². The van der Waals surface area contributed by atoms with Crippen LogP contribution in [0.15, 0.2) is 66.7 Å². The molecule has 1 N–H and O–H groups in total. The van der Waals surface area contributed by atoms with Crippen LogP contribution < -0.4 is 5.32 Å². The smallest absolute Gasteiger partial charge is 0.236 e. The van der Waals surface area contributed by atoms with Gasteiger partial charge in [0, 0.05) is 35.0 Å². The predicted octanol–water partition coefficient (Wildman–Crippen LogP) is 4.66. The third kappa shape index (κ3) is 3.55. The van der Waals surface area contributed by atoms with Crippen molar-refractivity contribution in [1.82, 2.24) is 19.5 Å². The lowest BCUT2D eigenvalue weighted by molar-refractivity contribution is 0.923. The maximum absolute atomic E-state index is 5.95. The number of benzene rings is 1. The molecule has 0 saturated heterocycles. The minimum Gasteiger partial charge on any atom is -0.365 e. The van der Waals surface area contributed by atoms with Crippen LogP contribution in [0, 0.1) is 0 Å². The molecule has 0 aliphatic rings. The number of imidazole rings is 1. The molecule has 7 heteroatoms. The Hall–Kier alpha value is -2.70. The zero-order chi connectivity index (χ0) is 17.1. The SMILES string of the molecule is Clc1ccc(CNc2nc(-n3ccnc3)ncc2-c2cccs2)cc1. The van der Waals surface area contributed by atoms with Gasteiger partial charge >= 0.3 is 0 Å². The van der Waals surface area contributed by atoms with E-state index in [0.29, 0.717) is 12.5 Å². The average Bonchev–Trinajstić information content (AvgIpc) is 3.35. The van der Waals surface area contributed by atoms with Crippen molar-refractivity contribution >= 4 is 28.8 Å². The van der Waals surface area contributed by atoms with Crippen molar-refractivity contribution in [2.24, 2.45) is 0 Å². The normalized spacial score (nSPS) is 10.8. The number of rotatable bonds is 5. The lowest BCUT2D eigenvalue weighted by Gasteiger charge is -2.12. The van der Waals surface area contributed by atoms with E-state index in [-0.39, 0.29) is 0 Å². The Bertz CT molecular complexity index is 950. The molecule has 0 spiro atoms. The molecule has 0 atom stereocenters. The molecule has 0 saturated carbocycles. The van der Waals surface area contributed by atoms with E-state index in [1.54, 1.807) is 28.4 Å². The fraction of sp³-hybridized carbons (Fsp3) is 0.0556. The van der Waals surface area contributed by atoms with Crippen LogP contribution in [0.25, 0.3) is 16.4 Å². The molecule has 25 heavy (non-hydrogen) atoms. The number of halogens is 1. The van der Waals surface area contributed by atoms with Crippen LogP contribution in [0.3, 0.4) is 0 Å². The Kier molecular flexibility index (Phi) is 4.45. The van der Waals surface area contributed by atoms with Crippen molar-refractivity contribution in [3.8, 4) is 16.4 Å². The van der Waals surface area contributed by atoms with Crippen molar-refractivity contribution < 1.29 is 0 Å². The van der Waals surface area contributed by atoms with Crippen LogP contribution in [0.1, 0.15) is 5.56 Å². The van der Waals surface area contributed by atoms with Crippen LogP contribution >= 0.6 is 22.9 Å². The number of hydrogen-bond acceptors (Lipinski definition) is 5. The lowest BCUT2D eigenvalue weighted by Crippen LogP contribution is -2.07. The first kappa shape index (κ1) is 15.8. The molecule has 0 radical (unpaired) electrons. The number of thiophene rings is 1. The molecule has 4 aromatic rings. The standard InChI is InChI=1S/C18H14ClN5S/c19-14-5-3-13(4-6-14)10-21-17-15(16-2-1-9-25-16)11-22-18(23-17)24-8-7-20-12-24/h1-9,11-12H,10H2,(H,21,22,23). The molecule has 0 fully saturated rings. The van der Waals surface area contributed by atoms with Crippen molar-refractivity contribution in [2.45, 2.75) is 6.54 Å². The van der Waals surface area contributed by atoms with E-state index in [4.69, 9.17) is 11.6 Å². The van der Waals surface area contributed by atoms with E-state index in [1.165, 1.54) is 0 Å². The Morgan fingerprint density at radius 1 is 1.16 bits per heavy atom. The van der Waals surface area contributed by atoms with Gasteiger partial charge in [0.2, 0.25) is 5.95 Å². The molecule has 3 aromatic heterocycles. The highest BCUT2D eigenvalue weighted by atomic mass is 35.5. The summed E-state index contributed by atoms with van der Waals surface area (Å²) in [5.41, 5.74) is 2.11. The van der Waals surface area contributed by atoms with Gasteiger partial charge < -0.3 is 5.32 Å². The topological polar surface area (TPSA) is 55.6 Å². The second kappa shape index (κ2) is 7.04. The van der Waals surface area contributed by atoms with E-state index >= 15 is 0 Å². The van der Waals surface area contributed by atoms with Crippen LogP contribution in [-0.2, 0) is 6.54 Å². The molecular weight excluding hydrogens is 354 g/mol. The van der Waals surface area contributed by atoms with Crippen molar-refractivity contribution in [3.05, 3.63) is 77.3 Å².